The van der Waals surface area contributed by atoms with Gasteiger partial charge in [0.25, 0.3) is 0 Å². The molecule has 1 N–H and O–H groups in total. The number of nitrogens with zero attached hydrogens (tertiary/aromatic N) is 1. The minimum atomic E-state index is -5.18. The van der Waals surface area contributed by atoms with E-state index < -0.39 is 53.4 Å². The Morgan fingerprint density at radius 2 is 1.61 bits per heavy atom. The van der Waals surface area contributed by atoms with Gasteiger partial charge in [-0.15, -0.1) is 0 Å². The third kappa shape index (κ3) is 4.91. The molecule has 1 aliphatic rings. The van der Waals surface area contributed by atoms with E-state index in [0.717, 1.165) is 0 Å². The minimum Gasteiger partial charge on any atom is -0.479 e. The predicted octanol–water partition coefficient (Wildman–Crippen LogP) is 5.61. The van der Waals surface area contributed by atoms with Crippen LogP contribution in [-0.4, -0.2) is 40.3 Å². The van der Waals surface area contributed by atoms with Gasteiger partial charge in [0, 0.05) is 6.54 Å². The van der Waals surface area contributed by atoms with Crippen LogP contribution in [-0.2, 0) is 22.3 Å². The van der Waals surface area contributed by atoms with Crippen molar-refractivity contribution < 1.29 is 45.8 Å². The topological polar surface area (TPSA) is 66.8 Å². The molecule has 0 unspecified atom stereocenters. The van der Waals surface area contributed by atoms with E-state index in [2.05, 4.69) is 0 Å². The van der Waals surface area contributed by atoms with Gasteiger partial charge in [-0.3, -0.25) is 4.90 Å². The fourth-order valence-electron chi connectivity index (χ4n) is 4.14. The summed E-state index contributed by atoms with van der Waals surface area (Å²) in [4.78, 5) is 25.5. The molecule has 0 aliphatic carbocycles. The molecule has 1 aliphatic heterocycles. The molecular formula is C22H19F6NO4. The summed E-state index contributed by atoms with van der Waals surface area (Å²) in [6.07, 6.45) is -11.8. The molecule has 0 bridgehead atoms. The maximum absolute atomic E-state index is 14.2. The number of hydrogen-bond acceptors (Lipinski definition) is 3. The van der Waals surface area contributed by atoms with Crippen LogP contribution in [0.1, 0.15) is 35.4 Å². The number of likely N-dealkylation sites (tertiary alicyclic amines) is 1. The van der Waals surface area contributed by atoms with E-state index >= 15 is 0 Å². The van der Waals surface area contributed by atoms with Crippen molar-refractivity contribution >= 4 is 12.1 Å². The Hall–Kier alpha value is -3.24. The second-order valence-corrected chi connectivity index (χ2v) is 7.62. The van der Waals surface area contributed by atoms with Crippen molar-refractivity contribution in [2.24, 2.45) is 0 Å². The SMILES string of the molecule is O=C(OCc1ccccc1)N1CCC[C@@]1(C(=O)O)[C@H](c1ccc(C(F)(F)F)cc1)C(F)(F)F. The molecule has 178 valence electrons. The van der Waals surface area contributed by atoms with Crippen LogP contribution in [0.5, 0.6) is 0 Å². The van der Waals surface area contributed by atoms with E-state index in [1.165, 1.54) is 0 Å². The standard InChI is InChI=1S/C22H19F6NO4/c23-21(24,25)16-9-7-15(8-10-16)17(22(26,27)28)20(18(30)31)11-4-12-29(20)19(32)33-13-14-5-2-1-3-6-14/h1-3,5-10,17H,4,11-13H2,(H,30,31)/t17-,20-/m0/s1. The molecule has 0 saturated carbocycles. The van der Waals surface area contributed by atoms with E-state index in [0.29, 0.717) is 34.7 Å². The highest BCUT2D eigenvalue weighted by molar-refractivity contribution is 5.87. The van der Waals surface area contributed by atoms with Crippen molar-refractivity contribution in [1.29, 1.82) is 0 Å². The highest BCUT2D eigenvalue weighted by Crippen LogP contribution is 2.50. The molecule has 2 aromatic carbocycles. The maximum atomic E-state index is 14.2. The number of rotatable bonds is 5. The average Bonchev–Trinajstić information content (AvgIpc) is 3.17. The Morgan fingerprint density at radius 1 is 1.00 bits per heavy atom. The van der Waals surface area contributed by atoms with Crippen molar-refractivity contribution in [1.82, 2.24) is 4.90 Å². The van der Waals surface area contributed by atoms with E-state index in [1.54, 1.807) is 30.3 Å². The first-order chi connectivity index (χ1) is 15.4. The highest BCUT2D eigenvalue weighted by Gasteiger charge is 2.64. The molecule has 0 radical (unpaired) electrons. The van der Waals surface area contributed by atoms with Crippen molar-refractivity contribution in [3.63, 3.8) is 0 Å². The van der Waals surface area contributed by atoms with Crippen LogP contribution in [0.2, 0.25) is 0 Å². The molecule has 1 amide bonds. The lowest BCUT2D eigenvalue weighted by Gasteiger charge is -2.41. The van der Waals surface area contributed by atoms with Crippen LogP contribution in [0.25, 0.3) is 0 Å². The Balaban J connectivity index is 1.99. The highest BCUT2D eigenvalue weighted by atomic mass is 19.4. The van der Waals surface area contributed by atoms with E-state index in [9.17, 15) is 41.0 Å². The second kappa shape index (κ2) is 8.95. The third-order valence-corrected chi connectivity index (χ3v) is 5.59. The van der Waals surface area contributed by atoms with Crippen LogP contribution in [0.15, 0.2) is 54.6 Å². The number of carbonyl (C=O) groups excluding carboxylic acids is 1. The lowest BCUT2D eigenvalue weighted by atomic mass is 9.76. The van der Waals surface area contributed by atoms with E-state index in [4.69, 9.17) is 4.74 Å². The zero-order valence-corrected chi connectivity index (χ0v) is 17.0. The average molecular weight is 475 g/mol. The van der Waals surface area contributed by atoms with Crippen LogP contribution >= 0.6 is 0 Å². The molecule has 1 saturated heterocycles. The van der Waals surface area contributed by atoms with Crippen LogP contribution in [0.3, 0.4) is 0 Å². The monoisotopic (exact) mass is 475 g/mol. The number of hydrogen-bond donors (Lipinski definition) is 1. The molecule has 1 heterocycles. The smallest absolute Gasteiger partial charge is 0.416 e. The van der Waals surface area contributed by atoms with Crippen molar-refractivity contribution in [3.8, 4) is 0 Å². The van der Waals surface area contributed by atoms with Gasteiger partial charge in [-0.05, 0) is 36.1 Å². The van der Waals surface area contributed by atoms with Gasteiger partial charge in [-0.1, -0.05) is 42.5 Å². The minimum absolute atomic E-state index is 0.0556. The number of ether oxygens (including phenoxy) is 1. The van der Waals surface area contributed by atoms with Crippen LogP contribution in [0, 0.1) is 0 Å². The Bertz CT molecular complexity index is 991. The van der Waals surface area contributed by atoms with Crippen LogP contribution in [0.4, 0.5) is 31.1 Å². The summed E-state index contributed by atoms with van der Waals surface area (Å²) < 4.78 is 86.3. The second-order valence-electron chi connectivity index (χ2n) is 7.62. The molecule has 1 fully saturated rings. The molecule has 3 rings (SSSR count). The quantitative estimate of drug-likeness (QED) is 0.572. The molecule has 2 aromatic rings. The largest absolute Gasteiger partial charge is 0.479 e. The van der Waals surface area contributed by atoms with E-state index in [1.807, 2.05) is 0 Å². The van der Waals surface area contributed by atoms with Gasteiger partial charge in [0.2, 0.25) is 0 Å². The van der Waals surface area contributed by atoms with Gasteiger partial charge in [-0.25, -0.2) is 9.59 Å². The molecule has 0 spiro atoms. The maximum Gasteiger partial charge on any atom is 0.416 e. The van der Waals surface area contributed by atoms with Crippen molar-refractivity contribution in [2.45, 2.75) is 43.3 Å². The zero-order valence-electron chi connectivity index (χ0n) is 17.0. The van der Waals surface area contributed by atoms with Crippen molar-refractivity contribution in [2.75, 3.05) is 6.54 Å². The van der Waals surface area contributed by atoms with Gasteiger partial charge >= 0.3 is 24.4 Å². The lowest BCUT2D eigenvalue weighted by molar-refractivity contribution is -0.191. The summed E-state index contributed by atoms with van der Waals surface area (Å²) in [6, 6.07) is 10.3. The van der Waals surface area contributed by atoms with Gasteiger partial charge in [0.15, 0.2) is 5.54 Å². The summed E-state index contributed by atoms with van der Waals surface area (Å²) in [5.74, 6) is -4.68. The predicted molar refractivity (Wildman–Crippen MR) is 103 cm³/mol. The normalized spacial score (nSPS) is 19.9. The lowest BCUT2D eigenvalue weighted by Crippen LogP contribution is -2.60. The van der Waals surface area contributed by atoms with Crippen molar-refractivity contribution in [3.05, 3.63) is 71.3 Å². The summed E-state index contributed by atoms with van der Waals surface area (Å²) in [7, 11) is 0. The van der Waals surface area contributed by atoms with Crippen LogP contribution < -0.4 is 0 Å². The first-order valence-electron chi connectivity index (χ1n) is 9.83. The molecule has 5 nitrogen and oxygen atoms in total. The number of aliphatic carboxylic acids is 1. The van der Waals surface area contributed by atoms with Gasteiger partial charge in [0.1, 0.15) is 12.5 Å². The Morgan fingerprint density at radius 3 is 2.12 bits per heavy atom. The molecule has 33 heavy (non-hydrogen) atoms. The zero-order chi connectivity index (χ0) is 24.4. The first kappa shape index (κ1) is 24.4. The number of benzene rings is 2. The van der Waals surface area contributed by atoms with Gasteiger partial charge in [0.05, 0.1) is 5.56 Å². The first-order valence-corrected chi connectivity index (χ1v) is 9.83. The summed E-state index contributed by atoms with van der Waals surface area (Å²) in [6.45, 7) is -0.601. The number of alkyl halides is 6. The van der Waals surface area contributed by atoms with Gasteiger partial charge < -0.3 is 9.84 Å². The molecule has 11 heteroatoms. The molecule has 2 atom stereocenters. The third-order valence-electron chi connectivity index (χ3n) is 5.59. The number of carbonyl (C=O) groups is 2. The number of halogens is 6. The van der Waals surface area contributed by atoms with Gasteiger partial charge in [-0.2, -0.15) is 26.3 Å². The number of carboxylic acids is 1. The fourth-order valence-corrected chi connectivity index (χ4v) is 4.14. The summed E-state index contributed by atoms with van der Waals surface area (Å²) >= 11 is 0. The Kier molecular flexibility index (Phi) is 6.62. The summed E-state index contributed by atoms with van der Waals surface area (Å²) in [5, 5.41) is 9.92. The fraction of sp³-hybridized carbons (Fsp3) is 0.364. The van der Waals surface area contributed by atoms with E-state index in [-0.39, 0.29) is 19.6 Å². The number of amides is 1. The number of carboxylic acid groups (broad SMARTS) is 1. The Labute approximate surface area is 184 Å². The molecule has 0 aromatic heterocycles. The summed E-state index contributed by atoms with van der Waals surface area (Å²) in [5.41, 5.74) is -4.10. The molecular weight excluding hydrogens is 456 g/mol.